The van der Waals surface area contributed by atoms with Gasteiger partial charge in [0.15, 0.2) is 11.6 Å². The van der Waals surface area contributed by atoms with E-state index < -0.39 is 17.7 Å². The molecular formula is C21H24F4N4O. The topological polar surface area (TPSA) is 58.1 Å². The number of nitrogens with one attached hydrogen (secondary N) is 1. The molecule has 0 bridgehead atoms. The summed E-state index contributed by atoms with van der Waals surface area (Å²) < 4.78 is 52.7. The van der Waals surface area contributed by atoms with Gasteiger partial charge in [-0.25, -0.2) is 9.37 Å². The van der Waals surface area contributed by atoms with Crippen LogP contribution in [0.1, 0.15) is 50.6 Å². The molecule has 1 amide bonds. The fourth-order valence-corrected chi connectivity index (χ4v) is 3.35. The summed E-state index contributed by atoms with van der Waals surface area (Å²) >= 11 is 0. The predicted octanol–water partition coefficient (Wildman–Crippen LogP) is 4.96. The zero-order valence-electron chi connectivity index (χ0n) is 17.1. The highest BCUT2D eigenvalue weighted by atomic mass is 19.4. The number of rotatable bonds is 4. The van der Waals surface area contributed by atoms with Gasteiger partial charge in [-0.2, -0.15) is 13.2 Å². The van der Waals surface area contributed by atoms with E-state index in [9.17, 15) is 22.4 Å². The van der Waals surface area contributed by atoms with Gasteiger partial charge >= 0.3 is 6.18 Å². The van der Waals surface area contributed by atoms with Crippen molar-refractivity contribution < 1.29 is 22.4 Å². The summed E-state index contributed by atoms with van der Waals surface area (Å²) in [6, 6.07) is 3.63. The van der Waals surface area contributed by atoms with Crippen LogP contribution in [0.5, 0.6) is 0 Å². The second-order valence-electron chi connectivity index (χ2n) is 8.64. The number of aryl methyl sites for hydroxylation is 1. The fourth-order valence-electron chi connectivity index (χ4n) is 3.35. The van der Waals surface area contributed by atoms with E-state index in [1.807, 2.05) is 25.7 Å². The molecule has 0 aliphatic carbocycles. The summed E-state index contributed by atoms with van der Waals surface area (Å²) in [5.74, 6) is -1.05. The molecule has 3 rings (SSSR count). The Morgan fingerprint density at radius 1 is 1.23 bits per heavy atom. The molecule has 0 radical (unpaired) electrons. The first-order valence-corrected chi connectivity index (χ1v) is 9.69. The molecule has 0 atom stereocenters. The number of nitrogens with zero attached hydrogens (tertiary/aromatic N) is 3. The molecule has 0 fully saturated rings. The van der Waals surface area contributed by atoms with Gasteiger partial charge in [0.25, 0.3) is 0 Å². The summed E-state index contributed by atoms with van der Waals surface area (Å²) in [5, 5.41) is 2.54. The van der Waals surface area contributed by atoms with Crippen molar-refractivity contribution in [3.63, 3.8) is 0 Å². The van der Waals surface area contributed by atoms with Gasteiger partial charge < -0.3 is 10.2 Å². The Kier molecular flexibility index (Phi) is 6.01. The highest BCUT2D eigenvalue weighted by Gasteiger charge is 2.32. The molecular weight excluding hydrogens is 400 g/mol. The zero-order chi connectivity index (χ0) is 22.1. The molecule has 0 saturated carbocycles. The van der Waals surface area contributed by atoms with E-state index in [0.29, 0.717) is 29.9 Å². The zero-order valence-corrected chi connectivity index (χ0v) is 17.1. The Hall–Kier alpha value is -2.71. The van der Waals surface area contributed by atoms with Crippen molar-refractivity contribution in [2.24, 2.45) is 5.41 Å². The van der Waals surface area contributed by atoms with E-state index >= 15 is 0 Å². The van der Waals surface area contributed by atoms with Crippen LogP contribution in [0.4, 0.5) is 29.1 Å². The van der Waals surface area contributed by atoms with Gasteiger partial charge in [-0.15, -0.1) is 0 Å². The summed E-state index contributed by atoms with van der Waals surface area (Å²) in [6.45, 7) is 6.64. The van der Waals surface area contributed by atoms with E-state index in [0.717, 1.165) is 12.5 Å². The minimum absolute atomic E-state index is 0.0963. The lowest BCUT2D eigenvalue weighted by Crippen LogP contribution is -2.30. The highest BCUT2D eigenvalue weighted by Crippen LogP contribution is 2.32. The maximum absolute atomic E-state index is 14.6. The number of halogens is 4. The van der Waals surface area contributed by atoms with Gasteiger partial charge in [-0.1, -0.05) is 26.8 Å². The van der Waals surface area contributed by atoms with Crippen molar-refractivity contribution in [1.82, 2.24) is 9.97 Å². The van der Waals surface area contributed by atoms with Crippen molar-refractivity contribution in [3.05, 3.63) is 47.2 Å². The first-order valence-electron chi connectivity index (χ1n) is 9.69. The first-order chi connectivity index (χ1) is 13.9. The number of anilines is 2. The van der Waals surface area contributed by atoms with Crippen molar-refractivity contribution in [2.75, 3.05) is 16.8 Å². The number of fused-ring (bicyclic) bond motifs is 1. The van der Waals surface area contributed by atoms with Crippen LogP contribution in [0.15, 0.2) is 24.4 Å². The average Bonchev–Trinajstić information content (AvgIpc) is 2.61. The smallest absolute Gasteiger partial charge is 0.366 e. The third kappa shape index (κ3) is 5.46. The Morgan fingerprint density at radius 3 is 2.57 bits per heavy atom. The van der Waals surface area contributed by atoms with E-state index in [1.54, 1.807) is 0 Å². The molecule has 1 aliphatic rings. The van der Waals surface area contributed by atoms with Crippen LogP contribution in [-0.4, -0.2) is 22.4 Å². The van der Waals surface area contributed by atoms with Crippen LogP contribution in [0.2, 0.25) is 0 Å². The van der Waals surface area contributed by atoms with Crippen LogP contribution < -0.4 is 10.2 Å². The summed E-state index contributed by atoms with van der Waals surface area (Å²) in [5.41, 5.74) is 0.620. The summed E-state index contributed by atoms with van der Waals surface area (Å²) in [7, 11) is 0. The summed E-state index contributed by atoms with van der Waals surface area (Å²) in [4.78, 5) is 21.8. The van der Waals surface area contributed by atoms with E-state index in [1.165, 1.54) is 18.3 Å². The number of pyridine rings is 2. The van der Waals surface area contributed by atoms with Crippen molar-refractivity contribution in [3.8, 4) is 0 Å². The lowest BCUT2D eigenvalue weighted by atomic mass is 9.92. The fraction of sp³-hybridized carbons (Fsp3) is 0.476. The van der Waals surface area contributed by atoms with Crippen molar-refractivity contribution in [2.45, 2.75) is 52.8 Å². The van der Waals surface area contributed by atoms with Gasteiger partial charge in [0.2, 0.25) is 5.91 Å². The van der Waals surface area contributed by atoms with Crippen LogP contribution in [0.25, 0.3) is 0 Å². The highest BCUT2D eigenvalue weighted by molar-refractivity contribution is 5.90. The Balaban J connectivity index is 1.77. The summed E-state index contributed by atoms with van der Waals surface area (Å²) in [6.07, 6.45) is -1.69. The quantitative estimate of drug-likeness (QED) is 0.705. The van der Waals surface area contributed by atoms with E-state index in [-0.39, 0.29) is 30.1 Å². The molecule has 9 heteroatoms. The second-order valence-corrected chi connectivity index (χ2v) is 8.64. The Bertz CT molecular complexity index is 920. The number of alkyl halides is 3. The molecule has 1 aliphatic heterocycles. The molecule has 2 aromatic heterocycles. The predicted molar refractivity (Wildman–Crippen MR) is 106 cm³/mol. The first kappa shape index (κ1) is 22.0. The minimum Gasteiger partial charge on any atom is -0.366 e. The molecule has 1 N–H and O–H groups in total. The molecule has 2 aromatic rings. The van der Waals surface area contributed by atoms with Crippen molar-refractivity contribution >= 4 is 17.4 Å². The molecule has 0 aromatic carbocycles. The molecule has 162 valence electrons. The third-order valence-electron chi connectivity index (χ3n) is 4.65. The Morgan fingerprint density at radius 2 is 1.97 bits per heavy atom. The molecule has 30 heavy (non-hydrogen) atoms. The largest absolute Gasteiger partial charge is 0.433 e. The minimum atomic E-state index is -4.49. The monoisotopic (exact) mass is 424 g/mol. The van der Waals surface area contributed by atoms with Crippen LogP contribution in [0.3, 0.4) is 0 Å². The third-order valence-corrected chi connectivity index (χ3v) is 4.65. The maximum atomic E-state index is 14.6. The molecule has 0 unspecified atom stereocenters. The average molecular weight is 424 g/mol. The molecule has 0 spiro atoms. The number of amides is 1. The van der Waals surface area contributed by atoms with Crippen LogP contribution >= 0.6 is 0 Å². The molecule has 0 saturated heterocycles. The van der Waals surface area contributed by atoms with Gasteiger partial charge in [0, 0.05) is 31.8 Å². The van der Waals surface area contributed by atoms with Gasteiger partial charge in [0.05, 0.1) is 11.4 Å². The lowest BCUT2D eigenvalue weighted by Gasteiger charge is -2.31. The van der Waals surface area contributed by atoms with Gasteiger partial charge in [-0.05, 0) is 29.9 Å². The van der Waals surface area contributed by atoms with Gasteiger partial charge in [-0.3, -0.25) is 9.78 Å². The Labute approximate surface area is 172 Å². The lowest BCUT2D eigenvalue weighted by molar-refractivity contribution is -0.141. The van der Waals surface area contributed by atoms with Crippen molar-refractivity contribution in [1.29, 1.82) is 0 Å². The normalized spacial score (nSPS) is 14.4. The standard InChI is InChI=1S/C21H24F4N4O/c1-20(2,3)10-18(30)28-19-14(22)9-16-15(27-19)5-4-8-29(16)12-13-6-7-17(26-11-13)21(23,24)25/h6-7,9,11H,4-5,8,10,12H2,1-3H3,(H,27,28,30). The number of hydrogen-bond donors (Lipinski definition) is 1. The number of carbonyl (C=O) groups excluding carboxylic acids is 1. The molecule has 5 nitrogen and oxygen atoms in total. The van der Waals surface area contributed by atoms with Crippen LogP contribution in [-0.2, 0) is 23.9 Å². The molecule has 3 heterocycles. The number of aromatic nitrogens is 2. The SMILES string of the molecule is CC(C)(C)CC(=O)Nc1nc2c(cc1F)N(Cc1ccc(C(F)(F)F)nc1)CCC2. The number of carbonyl (C=O) groups is 1. The van der Waals surface area contributed by atoms with Crippen LogP contribution in [0, 0.1) is 11.2 Å². The van der Waals surface area contributed by atoms with E-state index in [2.05, 4.69) is 15.3 Å². The van der Waals surface area contributed by atoms with E-state index in [4.69, 9.17) is 0 Å². The second kappa shape index (κ2) is 8.20. The maximum Gasteiger partial charge on any atom is 0.433 e. The van der Waals surface area contributed by atoms with Gasteiger partial charge in [0.1, 0.15) is 5.69 Å². The number of hydrogen-bond acceptors (Lipinski definition) is 4.